The van der Waals surface area contributed by atoms with E-state index >= 15 is 0 Å². The predicted octanol–water partition coefficient (Wildman–Crippen LogP) is 4.51. The van der Waals surface area contributed by atoms with E-state index in [9.17, 15) is 4.79 Å². The maximum atomic E-state index is 12.8. The van der Waals surface area contributed by atoms with Crippen LogP contribution < -0.4 is 10.6 Å². The SMILES string of the molecule is CC(C)C(C)Nc1nc(CNC(=O)C2CCc3ccccc3C2)nc2ccccc12. The van der Waals surface area contributed by atoms with E-state index < -0.39 is 0 Å². The van der Waals surface area contributed by atoms with Gasteiger partial charge in [0, 0.05) is 17.3 Å². The van der Waals surface area contributed by atoms with Crippen LogP contribution >= 0.6 is 0 Å². The zero-order valence-electron chi connectivity index (χ0n) is 18.0. The fourth-order valence-corrected chi connectivity index (χ4v) is 3.93. The van der Waals surface area contributed by atoms with Gasteiger partial charge >= 0.3 is 0 Å². The average molecular weight is 403 g/mol. The van der Waals surface area contributed by atoms with Gasteiger partial charge in [-0.3, -0.25) is 4.79 Å². The Bertz CT molecular complexity index is 1050. The standard InChI is InChI=1S/C25H30N4O/c1-16(2)17(3)27-24-21-10-6-7-11-22(21)28-23(29-24)15-26-25(30)20-13-12-18-8-4-5-9-19(18)14-20/h4-11,16-17,20H,12-15H2,1-3H3,(H,26,30)(H,27,28,29). The second-order valence-electron chi connectivity index (χ2n) is 8.61. The van der Waals surface area contributed by atoms with Crippen LogP contribution in [0.2, 0.25) is 0 Å². The van der Waals surface area contributed by atoms with Crippen LogP contribution in [-0.4, -0.2) is 21.9 Å². The van der Waals surface area contributed by atoms with E-state index in [0.29, 0.717) is 18.3 Å². The molecule has 4 rings (SSSR count). The molecule has 0 aliphatic heterocycles. The minimum atomic E-state index is 0.0129. The highest BCUT2D eigenvalue weighted by molar-refractivity contribution is 5.89. The van der Waals surface area contributed by atoms with Gasteiger partial charge in [0.1, 0.15) is 5.82 Å². The first-order valence-corrected chi connectivity index (χ1v) is 10.9. The van der Waals surface area contributed by atoms with Crippen LogP contribution in [0, 0.1) is 11.8 Å². The van der Waals surface area contributed by atoms with Gasteiger partial charge in [-0.2, -0.15) is 0 Å². The number of amides is 1. The summed E-state index contributed by atoms with van der Waals surface area (Å²) in [5.41, 5.74) is 3.55. The summed E-state index contributed by atoms with van der Waals surface area (Å²) in [4.78, 5) is 22.2. The quantitative estimate of drug-likeness (QED) is 0.637. The molecule has 0 saturated heterocycles. The first-order valence-electron chi connectivity index (χ1n) is 10.9. The van der Waals surface area contributed by atoms with Gasteiger partial charge in [-0.15, -0.1) is 0 Å². The number of benzene rings is 2. The van der Waals surface area contributed by atoms with Gasteiger partial charge in [-0.1, -0.05) is 50.2 Å². The number of carbonyl (C=O) groups is 1. The molecule has 1 aliphatic rings. The highest BCUT2D eigenvalue weighted by atomic mass is 16.1. The fourth-order valence-electron chi connectivity index (χ4n) is 3.93. The number of nitrogens with one attached hydrogen (secondary N) is 2. The van der Waals surface area contributed by atoms with Crippen molar-refractivity contribution < 1.29 is 4.79 Å². The largest absolute Gasteiger partial charge is 0.367 e. The van der Waals surface area contributed by atoms with Crippen molar-refractivity contribution in [2.75, 3.05) is 5.32 Å². The van der Waals surface area contributed by atoms with E-state index in [1.165, 1.54) is 11.1 Å². The normalized spacial score (nSPS) is 16.9. The molecule has 0 bridgehead atoms. The maximum absolute atomic E-state index is 12.8. The number of para-hydroxylation sites is 1. The summed E-state index contributed by atoms with van der Waals surface area (Å²) in [6.45, 7) is 6.87. The molecule has 2 aromatic carbocycles. The second kappa shape index (κ2) is 8.82. The van der Waals surface area contributed by atoms with Crippen LogP contribution in [0.15, 0.2) is 48.5 Å². The molecule has 5 nitrogen and oxygen atoms in total. The van der Waals surface area contributed by atoms with Gasteiger partial charge < -0.3 is 10.6 Å². The molecule has 156 valence electrons. The molecular weight excluding hydrogens is 372 g/mol. The van der Waals surface area contributed by atoms with E-state index in [-0.39, 0.29) is 17.9 Å². The number of fused-ring (bicyclic) bond motifs is 2. The van der Waals surface area contributed by atoms with Crippen LogP contribution in [-0.2, 0) is 24.2 Å². The van der Waals surface area contributed by atoms with Crippen LogP contribution in [0.3, 0.4) is 0 Å². The summed E-state index contributed by atoms with van der Waals surface area (Å²) >= 11 is 0. The predicted molar refractivity (Wildman–Crippen MR) is 121 cm³/mol. The summed E-state index contributed by atoms with van der Waals surface area (Å²) in [6.07, 6.45) is 2.65. The maximum Gasteiger partial charge on any atom is 0.223 e. The number of hydrogen-bond donors (Lipinski definition) is 2. The second-order valence-corrected chi connectivity index (χ2v) is 8.61. The Hall–Kier alpha value is -2.95. The van der Waals surface area contributed by atoms with Crippen LogP contribution in [0.4, 0.5) is 5.82 Å². The third kappa shape index (κ3) is 4.45. The van der Waals surface area contributed by atoms with Crippen molar-refractivity contribution in [2.24, 2.45) is 11.8 Å². The molecule has 2 atom stereocenters. The van der Waals surface area contributed by atoms with E-state index in [0.717, 1.165) is 36.0 Å². The Balaban J connectivity index is 1.48. The summed E-state index contributed by atoms with van der Waals surface area (Å²) < 4.78 is 0. The Morgan fingerprint density at radius 2 is 1.77 bits per heavy atom. The number of rotatable bonds is 6. The molecule has 1 aromatic heterocycles. The Labute approximate surface area is 178 Å². The third-order valence-electron chi connectivity index (χ3n) is 6.15. The molecule has 1 amide bonds. The monoisotopic (exact) mass is 402 g/mol. The minimum absolute atomic E-state index is 0.0129. The first kappa shape index (κ1) is 20.3. The number of nitrogens with zero attached hydrogens (tertiary/aromatic N) is 2. The van der Waals surface area contributed by atoms with E-state index in [4.69, 9.17) is 4.98 Å². The van der Waals surface area contributed by atoms with Crippen molar-refractivity contribution in [3.05, 3.63) is 65.5 Å². The Kier molecular flexibility index (Phi) is 5.98. The number of aryl methyl sites for hydroxylation is 1. The van der Waals surface area contributed by atoms with E-state index in [2.05, 4.69) is 60.7 Å². The molecule has 0 radical (unpaired) electrons. The lowest BCUT2D eigenvalue weighted by Gasteiger charge is -2.24. The Morgan fingerprint density at radius 1 is 1.03 bits per heavy atom. The van der Waals surface area contributed by atoms with Gasteiger partial charge in [0.15, 0.2) is 5.82 Å². The number of aromatic nitrogens is 2. The highest BCUT2D eigenvalue weighted by Gasteiger charge is 2.24. The molecule has 2 N–H and O–H groups in total. The van der Waals surface area contributed by atoms with E-state index in [1.807, 2.05) is 24.3 Å². The summed E-state index contributed by atoms with van der Waals surface area (Å²) in [5.74, 6) is 2.05. The molecule has 0 saturated carbocycles. The van der Waals surface area contributed by atoms with Crippen molar-refractivity contribution >= 4 is 22.6 Å². The molecule has 0 spiro atoms. The number of hydrogen-bond acceptors (Lipinski definition) is 4. The molecule has 1 aliphatic carbocycles. The molecule has 1 heterocycles. The van der Waals surface area contributed by atoms with Gasteiger partial charge in [0.05, 0.1) is 12.1 Å². The van der Waals surface area contributed by atoms with Crippen molar-refractivity contribution in [3.63, 3.8) is 0 Å². The lowest BCUT2D eigenvalue weighted by atomic mass is 9.83. The number of anilines is 1. The van der Waals surface area contributed by atoms with Gasteiger partial charge in [-0.05, 0) is 55.4 Å². The summed E-state index contributed by atoms with van der Waals surface area (Å²) in [5, 5.41) is 7.60. The topological polar surface area (TPSA) is 66.9 Å². The van der Waals surface area contributed by atoms with E-state index in [1.54, 1.807) is 0 Å². The Morgan fingerprint density at radius 3 is 2.57 bits per heavy atom. The third-order valence-corrected chi connectivity index (χ3v) is 6.15. The van der Waals surface area contributed by atoms with Gasteiger partial charge in [0.25, 0.3) is 0 Å². The average Bonchev–Trinajstić information content (AvgIpc) is 2.77. The highest BCUT2D eigenvalue weighted by Crippen LogP contribution is 2.26. The molecule has 30 heavy (non-hydrogen) atoms. The van der Waals surface area contributed by atoms with Crippen LogP contribution in [0.25, 0.3) is 10.9 Å². The van der Waals surface area contributed by atoms with Crippen molar-refractivity contribution in [1.29, 1.82) is 0 Å². The van der Waals surface area contributed by atoms with Crippen molar-refractivity contribution in [2.45, 2.75) is 52.6 Å². The molecule has 3 aromatic rings. The zero-order valence-corrected chi connectivity index (χ0v) is 18.0. The van der Waals surface area contributed by atoms with Gasteiger partial charge in [-0.25, -0.2) is 9.97 Å². The lowest BCUT2D eigenvalue weighted by Crippen LogP contribution is -2.34. The summed E-state index contributed by atoms with van der Waals surface area (Å²) in [7, 11) is 0. The van der Waals surface area contributed by atoms with Crippen LogP contribution in [0.1, 0.15) is 44.1 Å². The fraction of sp³-hybridized carbons (Fsp3) is 0.400. The minimum Gasteiger partial charge on any atom is -0.367 e. The first-order chi connectivity index (χ1) is 14.5. The van der Waals surface area contributed by atoms with Crippen LogP contribution in [0.5, 0.6) is 0 Å². The van der Waals surface area contributed by atoms with Crippen molar-refractivity contribution in [1.82, 2.24) is 15.3 Å². The molecule has 2 unspecified atom stereocenters. The molecule has 0 fully saturated rings. The number of carbonyl (C=O) groups excluding carboxylic acids is 1. The van der Waals surface area contributed by atoms with Crippen molar-refractivity contribution in [3.8, 4) is 0 Å². The zero-order chi connectivity index (χ0) is 21.1. The van der Waals surface area contributed by atoms with Gasteiger partial charge in [0.2, 0.25) is 5.91 Å². The molecule has 5 heteroatoms. The lowest BCUT2D eigenvalue weighted by molar-refractivity contribution is -0.125. The summed E-state index contributed by atoms with van der Waals surface area (Å²) in [6, 6.07) is 16.7. The molecular formula is C25H30N4O. The smallest absolute Gasteiger partial charge is 0.223 e.